The minimum atomic E-state index is -5.04. The number of Topliss-reactive ketones (excluding diaryl/α,β-unsaturated/α-hetero) is 1. The molecular weight excluding hydrogens is 480 g/mol. The van der Waals surface area contributed by atoms with Crippen LogP contribution in [0.3, 0.4) is 0 Å². The molecule has 0 bridgehead atoms. The van der Waals surface area contributed by atoms with Crippen molar-refractivity contribution in [2.45, 2.75) is 6.18 Å². The topological polar surface area (TPSA) is 117 Å². The van der Waals surface area contributed by atoms with Crippen LogP contribution in [0, 0.1) is 5.82 Å². The van der Waals surface area contributed by atoms with Gasteiger partial charge in [-0.05, 0) is 40.1 Å². The molecule has 34 heavy (non-hydrogen) atoms. The van der Waals surface area contributed by atoms with Gasteiger partial charge in [0, 0.05) is 12.1 Å². The van der Waals surface area contributed by atoms with Crippen molar-refractivity contribution in [3.05, 3.63) is 58.5 Å². The summed E-state index contributed by atoms with van der Waals surface area (Å²) in [5.41, 5.74) is 8.92. The molecule has 1 aromatic heterocycles. The predicted octanol–water partition coefficient (Wildman–Crippen LogP) is 3.37. The summed E-state index contributed by atoms with van der Waals surface area (Å²) in [6.45, 7) is 0.551. The van der Waals surface area contributed by atoms with Crippen LogP contribution in [-0.2, 0) is 0 Å². The number of benzene rings is 1. The number of amidine groups is 1. The van der Waals surface area contributed by atoms with Crippen molar-refractivity contribution < 1.29 is 27.1 Å². The lowest BCUT2D eigenvalue weighted by Gasteiger charge is -2.26. The number of carbonyl (C=O) groups excluding carboxylic acids is 1. The molecule has 9 nitrogen and oxygen atoms in total. The monoisotopic (exact) mass is 495 g/mol. The number of quaternary nitrogens is 1. The second-order valence-corrected chi connectivity index (χ2v) is 7.50. The number of nitrogens with one attached hydrogen (secondary N) is 2. The summed E-state index contributed by atoms with van der Waals surface area (Å²) in [5, 5.41) is 7.41. The molecule has 3 heterocycles. The van der Waals surface area contributed by atoms with Crippen LogP contribution in [0.15, 0.2) is 51.6 Å². The number of alkyl halides is 3. The predicted molar refractivity (Wildman–Crippen MR) is 120 cm³/mol. The summed E-state index contributed by atoms with van der Waals surface area (Å²) in [7, 11) is 0. The Bertz CT molecular complexity index is 1270. The molecule has 0 aliphatic carbocycles. The molecule has 176 valence electrons. The highest BCUT2D eigenvalue weighted by Gasteiger charge is 2.41. The minimum absolute atomic E-state index is 0.183. The number of hydrogen-bond acceptors (Lipinski definition) is 8. The van der Waals surface area contributed by atoms with Crippen LogP contribution in [0.5, 0.6) is 0 Å². The number of anilines is 2. The summed E-state index contributed by atoms with van der Waals surface area (Å²) in [6.07, 6.45) is -0.538. The minimum Gasteiger partial charge on any atom is -0.383 e. The highest BCUT2D eigenvalue weighted by molar-refractivity contribution is 6.33. The van der Waals surface area contributed by atoms with Gasteiger partial charge in [0.05, 0.1) is 17.1 Å². The third-order valence-electron chi connectivity index (χ3n) is 4.82. The number of nitrogens with zero attached hydrogens (tertiary/aromatic N) is 5. The zero-order valence-corrected chi connectivity index (χ0v) is 17.9. The van der Waals surface area contributed by atoms with E-state index in [4.69, 9.17) is 17.3 Å². The quantitative estimate of drug-likeness (QED) is 0.236. The van der Waals surface area contributed by atoms with Crippen molar-refractivity contribution in [1.82, 2.24) is 10.4 Å². The number of fused-ring (bicyclic) bond motifs is 1. The molecule has 0 spiro atoms. The zero-order chi connectivity index (χ0) is 24.5. The van der Waals surface area contributed by atoms with Crippen LogP contribution >= 0.6 is 11.6 Å². The Morgan fingerprint density at radius 2 is 1.97 bits per heavy atom. The van der Waals surface area contributed by atoms with Gasteiger partial charge in [-0.1, -0.05) is 11.6 Å². The number of rotatable bonds is 7. The Hall–Kier alpha value is -3.68. The van der Waals surface area contributed by atoms with Gasteiger partial charge in [-0.3, -0.25) is 4.79 Å². The Morgan fingerprint density at radius 1 is 1.18 bits per heavy atom. The summed E-state index contributed by atoms with van der Waals surface area (Å²) < 4.78 is 51.0. The first-order valence-corrected chi connectivity index (χ1v) is 10.1. The fourth-order valence-electron chi connectivity index (χ4n) is 3.21. The standard InChI is InChI=1S/C20H15ClF4N8O/c21-14-7-11(22)1-2-12(14)15-9-33(17(8-28-15)29-10-31-33)30-6-5-27-16-4-3-13(19(26)32-16)18(34)20(23,24)25/h1-4,7-10,30H,5-6H2,(H2-,26,27,32,34)/p+1. The van der Waals surface area contributed by atoms with E-state index in [1.165, 1.54) is 36.8 Å². The Morgan fingerprint density at radius 3 is 2.68 bits per heavy atom. The number of aromatic nitrogens is 1. The van der Waals surface area contributed by atoms with Gasteiger partial charge in [0.15, 0.2) is 12.5 Å². The van der Waals surface area contributed by atoms with E-state index in [2.05, 4.69) is 30.8 Å². The Labute approximate surface area is 194 Å². The van der Waals surface area contributed by atoms with Crippen LogP contribution < -0.4 is 16.5 Å². The zero-order valence-electron chi connectivity index (χ0n) is 17.1. The van der Waals surface area contributed by atoms with Gasteiger partial charge in [-0.2, -0.15) is 18.2 Å². The van der Waals surface area contributed by atoms with Crippen molar-refractivity contribution in [1.29, 1.82) is 0 Å². The largest absolute Gasteiger partial charge is 0.455 e. The molecule has 1 atom stereocenters. The third kappa shape index (κ3) is 4.66. The van der Waals surface area contributed by atoms with E-state index in [9.17, 15) is 22.4 Å². The van der Waals surface area contributed by atoms with Crippen LogP contribution in [-0.4, -0.2) is 53.1 Å². The second kappa shape index (κ2) is 8.93. The van der Waals surface area contributed by atoms with Crippen molar-refractivity contribution in [2.75, 3.05) is 24.1 Å². The molecule has 2 aliphatic heterocycles. The van der Waals surface area contributed by atoms with E-state index in [1.54, 1.807) is 6.20 Å². The first-order valence-electron chi connectivity index (χ1n) is 9.70. The SMILES string of the molecule is Nc1nc(NCCN[N+]23C=C(c4ccc(F)cc4Cl)N=CC2=NC=N3)ccc1C(=O)C(F)(F)F. The van der Waals surface area contributed by atoms with Gasteiger partial charge in [0.25, 0.3) is 11.6 Å². The normalized spacial score (nSPS) is 19.0. The van der Waals surface area contributed by atoms with Crippen LogP contribution in [0.1, 0.15) is 15.9 Å². The number of ketones is 1. The molecule has 0 fully saturated rings. The lowest BCUT2D eigenvalue weighted by Crippen LogP contribution is -2.55. The first kappa shape index (κ1) is 23.5. The van der Waals surface area contributed by atoms with E-state index < -0.39 is 29.2 Å². The van der Waals surface area contributed by atoms with Gasteiger partial charge in [-0.25, -0.2) is 14.4 Å². The molecule has 0 amide bonds. The summed E-state index contributed by atoms with van der Waals surface area (Å²) in [5.74, 6) is -2.41. The molecule has 2 aromatic rings. The lowest BCUT2D eigenvalue weighted by atomic mass is 10.1. The number of hydrogen-bond donors (Lipinski definition) is 3. The van der Waals surface area contributed by atoms with Crippen LogP contribution in [0.4, 0.5) is 29.2 Å². The molecule has 14 heteroatoms. The number of pyridine rings is 1. The van der Waals surface area contributed by atoms with E-state index in [-0.39, 0.29) is 28.6 Å². The van der Waals surface area contributed by atoms with E-state index in [0.717, 1.165) is 6.07 Å². The number of carbonyl (C=O) groups is 1. The molecule has 4 N–H and O–H groups in total. The number of aliphatic imine (C=N–C) groups is 2. The molecule has 1 unspecified atom stereocenters. The Balaban J connectivity index is 1.43. The molecule has 1 aromatic carbocycles. The van der Waals surface area contributed by atoms with Crippen LogP contribution in [0.2, 0.25) is 5.02 Å². The van der Waals surface area contributed by atoms with Gasteiger partial charge < -0.3 is 11.1 Å². The van der Waals surface area contributed by atoms with Gasteiger partial charge in [-0.15, -0.1) is 5.43 Å². The van der Waals surface area contributed by atoms with Crippen molar-refractivity contribution in [3.8, 4) is 0 Å². The first-order chi connectivity index (χ1) is 16.1. The highest BCUT2D eigenvalue weighted by Crippen LogP contribution is 2.30. The molecule has 4 rings (SSSR count). The molecule has 0 radical (unpaired) electrons. The average molecular weight is 496 g/mol. The summed E-state index contributed by atoms with van der Waals surface area (Å²) in [4.78, 5) is 23.6. The maximum Gasteiger partial charge on any atom is 0.455 e. The summed E-state index contributed by atoms with van der Waals surface area (Å²) in [6, 6.07) is 6.14. The lowest BCUT2D eigenvalue weighted by molar-refractivity contribution is -0.838. The fraction of sp³-hybridized carbons (Fsp3) is 0.150. The van der Waals surface area contributed by atoms with Gasteiger partial charge >= 0.3 is 6.18 Å². The molecule has 0 saturated heterocycles. The third-order valence-corrected chi connectivity index (χ3v) is 5.13. The van der Waals surface area contributed by atoms with E-state index in [0.29, 0.717) is 17.1 Å². The Kier molecular flexibility index (Phi) is 6.17. The molecule has 0 saturated carbocycles. The smallest absolute Gasteiger partial charge is 0.383 e. The molecular formula is C20H16ClF4N8O+. The van der Waals surface area contributed by atoms with Gasteiger partial charge in [0.2, 0.25) is 0 Å². The van der Waals surface area contributed by atoms with E-state index in [1.807, 2.05) is 0 Å². The summed E-state index contributed by atoms with van der Waals surface area (Å²) >= 11 is 6.15. The second-order valence-electron chi connectivity index (χ2n) is 7.09. The molecule has 2 aliphatic rings. The van der Waals surface area contributed by atoms with Gasteiger partial charge in [0.1, 0.15) is 29.4 Å². The maximum absolute atomic E-state index is 13.4. The number of nitrogens with two attached hydrogens (primary N) is 1. The van der Waals surface area contributed by atoms with Crippen molar-refractivity contribution >= 4 is 53.1 Å². The number of nitrogen functional groups attached to an aromatic ring is 1. The highest BCUT2D eigenvalue weighted by atomic mass is 35.5. The average Bonchev–Trinajstić information content (AvgIpc) is 3.19. The van der Waals surface area contributed by atoms with E-state index >= 15 is 0 Å². The maximum atomic E-state index is 13.4. The van der Waals surface area contributed by atoms with Crippen LogP contribution in [0.25, 0.3) is 5.70 Å². The fourth-order valence-corrected chi connectivity index (χ4v) is 3.47. The van der Waals surface area contributed by atoms with Crippen molar-refractivity contribution in [3.63, 3.8) is 0 Å². The number of halogens is 5. The van der Waals surface area contributed by atoms with Crippen molar-refractivity contribution in [2.24, 2.45) is 15.1 Å².